The molecule has 1 nitrogen and oxygen atoms in total. The van der Waals surface area contributed by atoms with E-state index in [1.54, 1.807) is 0 Å². The summed E-state index contributed by atoms with van der Waals surface area (Å²) in [5.41, 5.74) is 0.824. The van der Waals surface area contributed by atoms with Gasteiger partial charge in [0.1, 0.15) is 5.78 Å². The Morgan fingerprint density at radius 2 is 2.06 bits per heavy atom. The second-order valence-electron chi connectivity index (χ2n) is 7.21. The van der Waals surface area contributed by atoms with Gasteiger partial charge in [0.05, 0.1) is 0 Å². The summed E-state index contributed by atoms with van der Waals surface area (Å²) >= 11 is 0. The minimum atomic E-state index is 0.384. The lowest BCUT2D eigenvalue weighted by Crippen LogP contribution is -2.30. The number of carbonyl (C=O) groups excluding carboxylic acids is 1. The summed E-state index contributed by atoms with van der Waals surface area (Å²) in [6.07, 6.45) is 4.86. The molecule has 1 heteroatoms. The molecule has 0 unspecified atom stereocenters. The van der Waals surface area contributed by atoms with Crippen molar-refractivity contribution < 1.29 is 4.79 Å². The molecule has 5 atom stereocenters. The predicted molar refractivity (Wildman–Crippen MR) is 65.0 cm³/mol. The van der Waals surface area contributed by atoms with Gasteiger partial charge in [-0.25, -0.2) is 0 Å². The molecular weight excluding hydrogens is 196 g/mol. The van der Waals surface area contributed by atoms with Crippen molar-refractivity contribution in [1.82, 2.24) is 0 Å². The quantitative estimate of drug-likeness (QED) is 0.659. The molecule has 3 aliphatic rings. The Morgan fingerprint density at radius 3 is 2.69 bits per heavy atom. The molecule has 0 saturated heterocycles. The van der Waals surface area contributed by atoms with Crippen molar-refractivity contribution >= 4 is 5.78 Å². The lowest BCUT2D eigenvalue weighted by atomic mass is 9.67. The molecule has 1 spiro atoms. The van der Waals surface area contributed by atoms with E-state index in [1.807, 2.05) is 0 Å². The van der Waals surface area contributed by atoms with Crippen molar-refractivity contribution in [3.8, 4) is 0 Å². The summed E-state index contributed by atoms with van der Waals surface area (Å²) in [4.78, 5) is 12.1. The van der Waals surface area contributed by atoms with Gasteiger partial charge in [-0.2, -0.15) is 0 Å². The maximum atomic E-state index is 12.1. The van der Waals surface area contributed by atoms with Gasteiger partial charge in [0.2, 0.25) is 0 Å². The highest BCUT2D eigenvalue weighted by molar-refractivity contribution is 5.90. The average Bonchev–Trinajstić information content (AvgIpc) is 2.66. The lowest BCUT2D eigenvalue weighted by molar-refractivity contribution is -0.120. The van der Waals surface area contributed by atoms with Crippen LogP contribution in [-0.2, 0) is 4.79 Å². The second-order valence-corrected chi connectivity index (χ2v) is 7.21. The third kappa shape index (κ3) is 0.966. The molecule has 3 aliphatic carbocycles. The Bertz CT molecular complexity index is 345. The molecule has 3 rings (SSSR count). The summed E-state index contributed by atoms with van der Waals surface area (Å²) in [6, 6.07) is 0. The number of ketones is 1. The highest BCUT2D eigenvalue weighted by Gasteiger charge is 2.81. The zero-order chi connectivity index (χ0) is 11.7. The van der Waals surface area contributed by atoms with Crippen molar-refractivity contribution in [2.24, 2.45) is 34.5 Å². The van der Waals surface area contributed by atoms with Crippen LogP contribution in [0.5, 0.6) is 0 Å². The number of carbonyl (C=O) groups is 1. The van der Waals surface area contributed by atoms with Gasteiger partial charge >= 0.3 is 0 Å². The summed E-state index contributed by atoms with van der Waals surface area (Å²) in [5.74, 6) is 3.34. The lowest BCUT2D eigenvalue weighted by Gasteiger charge is -2.37. The molecule has 0 aliphatic heterocycles. The molecule has 0 aromatic carbocycles. The molecule has 0 radical (unpaired) electrons. The normalized spacial score (nSPS) is 55.1. The fraction of sp³-hybridized carbons (Fsp3) is 0.933. The monoisotopic (exact) mass is 220 g/mol. The van der Waals surface area contributed by atoms with E-state index in [0.29, 0.717) is 28.4 Å². The average molecular weight is 220 g/mol. The van der Waals surface area contributed by atoms with Crippen LogP contribution in [0.2, 0.25) is 0 Å². The van der Waals surface area contributed by atoms with Crippen LogP contribution in [0.3, 0.4) is 0 Å². The number of Topliss-reactive ketones (excluding diaryl/α,β-unsaturated/α-hetero) is 1. The first-order valence-corrected chi connectivity index (χ1v) is 6.96. The number of fused-ring (bicyclic) bond motifs is 1. The van der Waals surface area contributed by atoms with Crippen LogP contribution < -0.4 is 0 Å². The van der Waals surface area contributed by atoms with Gasteiger partial charge in [0, 0.05) is 12.3 Å². The van der Waals surface area contributed by atoms with Gasteiger partial charge in [-0.3, -0.25) is 4.79 Å². The van der Waals surface area contributed by atoms with E-state index in [1.165, 1.54) is 19.3 Å². The van der Waals surface area contributed by atoms with Crippen molar-refractivity contribution in [1.29, 1.82) is 0 Å². The maximum Gasteiger partial charge on any atom is 0.137 e. The largest absolute Gasteiger partial charge is 0.299 e. The Hall–Kier alpha value is -0.330. The van der Waals surface area contributed by atoms with E-state index in [2.05, 4.69) is 27.7 Å². The van der Waals surface area contributed by atoms with Gasteiger partial charge in [-0.05, 0) is 47.8 Å². The molecule has 0 amide bonds. The van der Waals surface area contributed by atoms with Gasteiger partial charge < -0.3 is 0 Å². The highest BCUT2D eigenvalue weighted by atomic mass is 16.1. The van der Waals surface area contributed by atoms with Gasteiger partial charge in [0.15, 0.2) is 0 Å². The number of hydrogen-bond acceptors (Lipinski definition) is 1. The third-order valence-corrected chi connectivity index (χ3v) is 6.40. The maximum absolute atomic E-state index is 12.1. The molecule has 0 N–H and O–H groups in total. The van der Waals surface area contributed by atoms with Crippen LogP contribution in [0.25, 0.3) is 0 Å². The fourth-order valence-electron chi connectivity index (χ4n) is 5.51. The van der Waals surface area contributed by atoms with Crippen molar-refractivity contribution in [2.75, 3.05) is 0 Å². The van der Waals surface area contributed by atoms with Crippen LogP contribution in [0.4, 0.5) is 0 Å². The molecule has 3 fully saturated rings. The zero-order valence-electron chi connectivity index (χ0n) is 11.0. The van der Waals surface area contributed by atoms with E-state index in [0.717, 1.165) is 18.3 Å². The zero-order valence-corrected chi connectivity index (χ0v) is 11.0. The van der Waals surface area contributed by atoms with Gasteiger partial charge in [0.25, 0.3) is 0 Å². The van der Waals surface area contributed by atoms with Crippen molar-refractivity contribution in [3.63, 3.8) is 0 Å². The van der Waals surface area contributed by atoms with Crippen LogP contribution in [0.15, 0.2) is 0 Å². The fourth-order valence-corrected chi connectivity index (χ4v) is 5.51. The van der Waals surface area contributed by atoms with Gasteiger partial charge in [-0.1, -0.05) is 27.7 Å². The van der Waals surface area contributed by atoms with E-state index in [4.69, 9.17) is 0 Å². The minimum absolute atomic E-state index is 0.384. The van der Waals surface area contributed by atoms with E-state index >= 15 is 0 Å². The van der Waals surface area contributed by atoms with Crippen LogP contribution in [0.1, 0.15) is 53.4 Å². The van der Waals surface area contributed by atoms with Crippen LogP contribution in [0, 0.1) is 34.5 Å². The van der Waals surface area contributed by atoms with Crippen LogP contribution in [-0.4, -0.2) is 5.78 Å². The SMILES string of the molecule is CC(C)[C@@H]1CC[C@@]23[C@H](C)CC(=O)[C@@H]2[C@@]3(C)C1. The van der Waals surface area contributed by atoms with Crippen molar-refractivity contribution in [3.05, 3.63) is 0 Å². The Morgan fingerprint density at radius 1 is 1.38 bits per heavy atom. The standard InChI is InChI=1S/C15H24O/c1-9(2)11-5-6-15-10(3)7-12(16)13(15)14(15,4)8-11/h9-11,13H,5-8H2,1-4H3/t10-,11-,13-,14-,15-/m1/s1. The molecule has 0 heterocycles. The summed E-state index contributed by atoms with van der Waals surface area (Å²) in [7, 11) is 0. The molecule has 16 heavy (non-hydrogen) atoms. The molecule has 90 valence electrons. The minimum Gasteiger partial charge on any atom is -0.299 e. The topological polar surface area (TPSA) is 17.1 Å². The third-order valence-electron chi connectivity index (χ3n) is 6.40. The number of rotatable bonds is 1. The first kappa shape index (κ1) is 10.8. The first-order valence-electron chi connectivity index (χ1n) is 6.96. The summed E-state index contributed by atoms with van der Waals surface area (Å²) in [6.45, 7) is 9.41. The molecule has 0 bridgehead atoms. The summed E-state index contributed by atoms with van der Waals surface area (Å²) in [5, 5.41) is 0. The summed E-state index contributed by atoms with van der Waals surface area (Å²) < 4.78 is 0. The number of hydrogen-bond donors (Lipinski definition) is 0. The molecule has 0 aromatic rings. The van der Waals surface area contributed by atoms with E-state index in [-0.39, 0.29) is 0 Å². The Balaban J connectivity index is 1.89. The Labute approximate surface area is 99.0 Å². The molecule has 3 saturated carbocycles. The molecule has 0 aromatic heterocycles. The highest BCUT2D eigenvalue weighted by Crippen LogP contribution is 2.83. The first-order chi connectivity index (χ1) is 7.43. The smallest absolute Gasteiger partial charge is 0.137 e. The van der Waals surface area contributed by atoms with Crippen LogP contribution >= 0.6 is 0 Å². The predicted octanol–water partition coefficient (Wildman–Crippen LogP) is 3.67. The van der Waals surface area contributed by atoms with Crippen molar-refractivity contribution in [2.45, 2.75) is 53.4 Å². The molecular formula is C15H24O. The second kappa shape index (κ2) is 2.91. The Kier molecular flexibility index (Phi) is 1.97. The van der Waals surface area contributed by atoms with Gasteiger partial charge in [-0.15, -0.1) is 0 Å². The van der Waals surface area contributed by atoms with E-state index in [9.17, 15) is 4.79 Å². The van der Waals surface area contributed by atoms with E-state index < -0.39 is 0 Å².